The van der Waals surface area contributed by atoms with Crippen LogP contribution in [-0.2, 0) is 11.2 Å². The van der Waals surface area contributed by atoms with Crippen molar-refractivity contribution in [2.24, 2.45) is 5.41 Å². The highest BCUT2D eigenvalue weighted by atomic mass is 16.1. The van der Waals surface area contributed by atoms with Gasteiger partial charge in [-0.3, -0.25) is 4.79 Å². The van der Waals surface area contributed by atoms with E-state index in [1.54, 1.807) is 6.92 Å². The molecule has 142 valence electrons. The number of anilines is 1. The maximum atomic E-state index is 11.2. The number of hydrogen-bond donors (Lipinski definition) is 1. The summed E-state index contributed by atoms with van der Waals surface area (Å²) in [6.45, 7) is 5.76. The van der Waals surface area contributed by atoms with Crippen LogP contribution < -0.4 is 10.2 Å². The van der Waals surface area contributed by atoms with Crippen molar-refractivity contribution in [3.63, 3.8) is 0 Å². The van der Waals surface area contributed by atoms with Crippen LogP contribution in [0.3, 0.4) is 0 Å². The summed E-state index contributed by atoms with van der Waals surface area (Å²) in [5.41, 5.74) is 3.83. The predicted octanol–water partition coefficient (Wildman–Crippen LogP) is 3.59. The third-order valence-electron chi connectivity index (χ3n) is 6.02. The van der Waals surface area contributed by atoms with E-state index in [0.29, 0.717) is 5.41 Å². The van der Waals surface area contributed by atoms with E-state index in [4.69, 9.17) is 4.98 Å². The van der Waals surface area contributed by atoms with Gasteiger partial charge < -0.3 is 10.2 Å². The van der Waals surface area contributed by atoms with Crippen LogP contribution >= 0.6 is 0 Å². The number of nitrogens with zero attached hydrogens (tertiary/aromatic N) is 3. The molecule has 5 nitrogen and oxygen atoms in total. The molecule has 27 heavy (non-hydrogen) atoms. The zero-order valence-electron chi connectivity index (χ0n) is 16.2. The number of rotatable bonds is 5. The van der Waals surface area contributed by atoms with Crippen molar-refractivity contribution in [2.75, 3.05) is 18.0 Å². The molecule has 1 unspecified atom stereocenters. The second kappa shape index (κ2) is 7.29. The zero-order valence-corrected chi connectivity index (χ0v) is 16.2. The largest absolute Gasteiger partial charge is 0.354 e. The third-order valence-corrected chi connectivity index (χ3v) is 6.02. The second-order valence-electron chi connectivity index (χ2n) is 8.27. The summed E-state index contributed by atoms with van der Waals surface area (Å²) in [7, 11) is 0. The Hall–Kier alpha value is -2.43. The average Bonchev–Trinajstić information content (AvgIpc) is 3.08. The number of carbonyl (C=O) groups excluding carboxylic acids is 1. The van der Waals surface area contributed by atoms with Gasteiger partial charge in [-0.1, -0.05) is 30.7 Å². The molecule has 4 rings (SSSR count). The van der Waals surface area contributed by atoms with Gasteiger partial charge in [0.1, 0.15) is 0 Å². The van der Waals surface area contributed by atoms with Crippen LogP contribution in [-0.4, -0.2) is 35.0 Å². The van der Waals surface area contributed by atoms with E-state index < -0.39 is 0 Å². The Morgan fingerprint density at radius 3 is 2.63 bits per heavy atom. The minimum absolute atomic E-state index is 0.0122. The molecular weight excluding hydrogens is 336 g/mol. The van der Waals surface area contributed by atoms with Crippen LogP contribution in [0.15, 0.2) is 36.5 Å². The topological polar surface area (TPSA) is 58.1 Å². The van der Waals surface area contributed by atoms with Crippen molar-refractivity contribution in [1.82, 2.24) is 15.3 Å². The molecule has 5 heteroatoms. The molecular formula is C22H28N4O. The molecule has 1 aromatic carbocycles. The summed E-state index contributed by atoms with van der Waals surface area (Å²) >= 11 is 0. The van der Waals surface area contributed by atoms with Crippen LogP contribution in [0.2, 0.25) is 0 Å². The van der Waals surface area contributed by atoms with E-state index in [9.17, 15) is 4.79 Å². The quantitative estimate of drug-likeness (QED) is 0.881. The Kier molecular flexibility index (Phi) is 4.85. The van der Waals surface area contributed by atoms with Crippen molar-refractivity contribution in [1.29, 1.82) is 0 Å². The van der Waals surface area contributed by atoms with Crippen LogP contribution in [0.1, 0.15) is 45.1 Å². The molecule has 2 aliphatic rings. The van der Waals surface area contributed by atoms with Crippen molar-refractivity contribution in [3.8, 4) is 11.3 Å². The highest BCUT2D eigenvalue weighted by Crippen LogP contribution is 2.48. The number of hydrogen-bond acceptors (Lipinski definition) is 4. The molecule has 0 bridgehead atoms. The van der Waals surface area contributed by atoms with Crippen LogP contribution in [0.4, 0.5) is 5.95 Å². The summed E-state index contributed by atoms with van der Waals surface area (Å²) in [5.74, 6) is 0.873. The first kappa shape index (κ1) is 18.0. The standard InChI is InChI=1S/C22H28N4O/c1-16(24-17(2)27)14-18-4-6-19(7-5-18)20-8-12-23-21(25-20)26-13-11-22(15-26)9-3-10-22/h4-8,12,16H,3,9-11,13-15H2,1-2H3,(H,24,27). The van der Waals surface area contributed by atoms with Crippen LogP contribution in [0.25, 0.3) is 11.3 Å². The van der Waals surface area contributed by atoms with Gasteiger partial charge in [-0.2, -0.15) is 0 Å². The van der Waals surface area contributed by atoms with Crippen molar-refractivity contribution >= 4 is 11.9 Å². The minimum atomic E-state index is 0.0122. The van der Waals surface area contributed by atoms with E-state index in [2.05, 4.69) is 39.5 Å². The smallest absolute Gasteiger partial charge is 0.225 e. The average molecular weight is 364 g/mol. The third kappa shape index (κ3) is 3.97. The second-order valence-corrected chi connectivity index (χ2v) is 8.27. The summed E-state index contributed by atoms with van der Waals surface area (Å²) in [6, 6.07) is 10.6. The summed E-state index contributed by atoms with van der Waals surface area (Å²) in [6.07, 6.45) is 8.08. The van der Waals surface area contributed by atoms with Gasteiger partial charge in [-0.25, -0.2) is 9.97 Å². The van der Waals surface area contributed by atoms with E-state index in [0.717, 1.165) is 36.7 Å². The van der Waals surface area contributed by atoms with E-state index in [1.165, 1.54) is 31.2 Å². The Morgan fingerprint density at radius 2 is 2.00 bits per heavy atom. The van der Waals surface area contributed by atoms with E-state index >= 15 is 0 Å². The van der Waals surface area contributed by atoms with Gasteiger partial charge in [-0.15, -0.1) is 0 Å². The van der Waals surface area contributed by atoms with Crippen molar-refractivity contribution in [3.05, 3.63) is 42.1 Å². The molecule has 2 heterocycles. The molecule has 1 saturated heterocycles. The molecule has 1 aliphatic carbocycles. The fourth-order valence-electron chi connectivity index (χ4n) is 4.42. The van der Waals surface area contributed by atoms with Crippen molar-refractivity contribution < 1.29 is 4.79 Å². The maximum Gasteiger partial charge on any atom is 0.225 e. The molecule has 1 aromatic heterocycles. The summed E-state index contributed by atoms with van der Waals surface area (Å²) in [5, 5.41) is 2.93. The molecule has 1 N–H and O–H groups in total. The molecule has 0 radical (unpaired) electrons. The molecule has 1 aliphatic heterocycles. The Labute approximate surface area is 161 Å². The lowest BCUT2D eigenvalue weighted by Gasteiger charge is -2.37. The SMILES string of the molecule is CC(=O)NC(C)Cc1ccc(-c2ccnc(N3CCC4(CCC4)C3)n2)cc1. The van der Waals surface area contributed by atoms with Gasteiger partial charge in [0.25, 0.3) is 0 Å². The molecule has 1 atom stereocenters. The number of carbonyl (C=O) groups is 1. The van der Waals surface area contributed by atoms with Gasteiger partial charge in [-0.05, 0) is 49.7 Å². The summed E-state index contributed by atoms with van der Waals surface area (Å²) < 4.78 is 0. The fraction of sp³-hybridized carbons (Fsp3) is 0.500. The molecule has 2 aromatic rings. The Balaban J connectivity index is 1.45. The lowest BCUT2D eigenvalue weighted by atomic mass is 9.68. The molecule has 1 spiro atoms. The normalized spacial score (nSPS) is 19.0. The fourth-order valence-corrected chi connectivity index (χ4v) is 4.42. The first-order valence-corrected chi connectivity index (χ1v) is 9.97. The molecule has 2 fully saturated rings. The predicted molar refractivity (Wildman–Crippen MR) is 108 cm³/mol. The van der Waals surface area contributed by atoms with Crippen LogP contribution in [0, 0.1) is 5.41 Å². The molecule has 1 saturated carbocycles. The first-order chi connectivity index (χ1) is 13.0. The summed E-state index contributed by atoms with van der Waals surface area (Å²) in [4.78, 5) is 22.9. The monoisotopic (exact) mass is 364 g/mol. The number of benzene rings is 1. The first-order valence-electron chi connectivity index (χ1n) is 9.97. The van der Waals surface area contributed by atoms with Gasteiger partial charge >= 0.3 is 0 Å². The minimum Gasteiger partial charge on any atom is -0.354 e. The van der Waals surface area contributed by atoms with Gasteiger partial charge in [0.05, 0.1) is 5.69 Å². The van der Waals surface area contributed by atoms with Gasteiger partial charge in [0.15, 0.2) is 0 Å². The van der Waals surface area contributed by atoms with E-state index in [1.807, 2.05) is 19.2 Å². The lowest BCUT2D eigenvalue weighted by molar-refractivity contribution is -0.119. The van der Waals surface area contributed by atoms with Gasteiger partial charge in [0, 0.05) is 37.8 Å². The molecule has 1 amide bonds. The number of aromatic nitrogens is 2. The van der Waals surface area contributed by atoms with Gasteiger partial charge in [0.2, 0.25) is 11.9 Å². The maximum absolute atomic E-state index is 11.2. The van der Waals surface area contributed by atoms with Crippen LogP contribution in [0.5, 0.6) is 0 Å². The highest BCUT2D eigenvalue weighted by molar-refractivity contribution is 5.73. The highest BCUT2D eigenvalue weighted by Gasteiger charge is 2.43. The number of amides is 1. The Bertz CT molecular complexity index is 813. The number of nitrogens with one attached hydrogen (secondary N) is 1. The van der Waals surface area contributed by atoms with Crippen molar-refractivity contribution in [2.45, 2.75) is 52.0 Å². The zero-order chi connectivity index (χ0) is 18.9. The Morgan fingerprint density at radius 1 is 1.22 bits per heavy atom. The lowest BCUT2D eigenvalue weighted by Crippen LogP contribution is -2.33. The van der Waals surface area contributed by atoms with E-state index in [-0.39, 0.29) is 11.9 Å².